The Kier molecular flexibility index (Phi) is 12.8. The van der Waals surface area contributed by atoms with Gasteiger partial charge < -0.3 is 74.0 Å². The molecular formula is C31H40O16. The molecule has 0 spiro atoms. The Morgan fingerprint density at radius 2 is 1.53 bits per heavy atom. The van der Waals surface area contributed by atoms with E-state index in [9.17, 15) is 45.6 Å². The van der Waals surface area contributed by atoms with E-state index in [1.807, 2.05) is 0 Å². The molecule has 0 unspecified atom stereocenters. The third-order valence-corrected chi connectivity index (χ3v) is 7.70. The molecule has 47 heavy (non-hydrogen) atoms. The average molecular weight is 669 g/mol. The van der Waals surface area contributed by atoms with Gasteiger partial charge in [-0.15, -0.1) is 0 Å². The number of esters is 1. The number of hydrogen-bond donors (Lipinski definition) is 8. The monoisotopic (exact) mass is 668 g/mol. The molecule has 2 fully saturated rings. The molecular weight excluding hydrogens is 628 g/mol. The fraction of sp³-hybridized carbons (Fsp3) is 0.516. The average Bonchev–Trinajstić information content (AvgIpc) is 3.06. The molecule has 16 nitrogen and oxygen atoms in total. The zero-order chi connectivity index (χ0) is 34.2. The minimum Gasteiger partial charge on any atom is -0.504 e. The lowest BCUT2D eigenvalue weighted by Gasteiger charge is -2.46. The Morgan fingerprint density at radius 3 is 2.21 bits per heavy atom. The van der Waals surface area contributed by atoms with Gasteiger partial charge in [0.25, 0.3) is 0 Å². The van der Waals surface area contributed by atoms with Gasteiger partial charge in [-0.25, -0.2) is 4.79 Å². The van der Waals surface area contributed by atoms with Crippen LogP contribution in [0.25, 0.3) is 6.08 Å². The Balaban J connectivity index is 1.46. The first-order valence-electron chi connectivity index (χ1n) is 14.6. The van der Waals surface area contributed by atoms with Gasteiger partial charge in [-0.3, -0.25) is 0 Å². The molecule has 0 bridgehead atoms. The SMILES string of the molecule is COc1ccc(CCO[C@@H]2O[C@H](COC(=O)/C=C/c3ccc(O)c(OC)c3)[C@@H](O)[C@H](O[C@H]3O[C@H](CO)[C@H](O)[C@@H](O)[C@H]3O)[C@H]2O)cc1O. The number of aromatic hydroxyl groups is 2. The summed E-state index contributed by atoms with van der Waals surface area (Å²) >= 11 is 0. The van der Waals surface area contributed by atoms with Crippen LogP contribution in [0.15, 0.2) is 42.5 Å². The summed E-state index contributed by atoms with van der Waals surface area (Å²) in [6, 6.07) is 9.14. The number of hydrogen-bond acceptors (Lipinski definition) is 16. The van der Waals surface area contributed by atoms with Crippen LogP contribution < -0.4 is 9.47 Å². The molecule has 0 aromatic heterocycles. The molecule has 2 aliphatic rings. The van der Waals surface area contributed by atoms with Crippen LogP contribution in [0.1, 0.15) is 11.1 Å². The van der Waals surface area contributed by atoms with E-state index in [-0.39, 0.29) is 36.0 Å². The van der Waals surface area contributed by atoms with Crippen molar-refractivity contribution in [3.8, 4) is 23.0 Å². The number of phenols is 2. The van der Waals surface area contributed by atoms with E-state index in [1.165, 1.54) is 44.6 Å². The van der Waals surface area contributed by atoms with E-state index in [1.54, 1.807) is 12.1 Å². The molecule has 4 rings (SSSR count). The van der Waals surface area contributed by atoms with Crippen LogP contribution in [0, 0.1) is 0 Å². The summed E-state index contributed by atoms with van der Waals surface area (Å²) < 4.78 is 37.9. The van der Waals surface area contributed by atoms with E-state index < -0.39 is 80.6 Å². The molecule has 8 N–H and O–H groups in total. The molecule has 2 aromatic carbocycles. The number of ether oxygens (including phenoxy) is 7. The first-order chi connectivity index (χ1) is 22.5. The second-order valence-corrected chi connectivity index (χ2v) is 10.8. The highest BCUT2D eigenvalue weighted by molar-refractivity contribution is 5.87. The number of rotatable bonds is 13. The molecule has 10 atom stereocenters. The Bertz CT molecular complexity index is 1350. The predicted octanol–water partition coefficient (Wildman–Crippen LogP) is -1.44. The number of methoxy groups -OCH3 is 2. The van der Waals surface area contributed by atoms with E-state index >= 15 is 0 Å². The topological polar surface area (TPSA) is 244 Å². The Labute approximate surface area is 269 Å². The lowest BCUT2D eigenvalue weighted by Crippen LogP contribution is -2.65. The maximum Gasteiger partial charge on any atom is 0.330 e. The standard InChI is InChI=1S/C31H40O16/c1-41-19-7-4-16(11-18(19)34)9-10-43-30-28(40)29(47-31-27(39)26(38)24(36)21(13-32)45-31)25(37)22(46-30)14-44-23(35)8-5-15-3-6-17(33)20(12-15)42-2/h3-8,11-12,21-22,24-34,36-40H,9-10,13-14H2,1-2H3/b8-5+/t21-,22-,24+,25-,26-,27-,28-,29+,30-,31-/m1/s1. The first kappa shape index (κ1) is 36.3. The van der Waals surface area contributed by atoms with Crippen LogP contribution in [0.5, 0.6) is 23.0 Å². The van der Waals surface area contributed by atoms with Crippen molar-refractivity contribution in [3.63, 3.8) is 0 Å². The van der Waals surface area contributed by atoms with E-state index in [4.69, 9.17) is 33.2 Å². The van der Waals surface area contributed by atoms with E-state index in [0.29, 0.717) is 11.1 Å². The van der Waals surface area contributed by atoms with Crippen molar-refractivity contribution in [2.75, 3.05) is 34.0 Å². The number of carbonyl (C=O) groups excluding carboxylic acids is 1. The minimum absolute atomic E-state index is 0.0539. The zero-order valence-corrected chi connectivity index (χ0v) is 25.6. The maximum atomic E-state index is 12.5. The van der Waals surface area contributed by atoms with Gasteiger partial charge in [-0.1, -0.05) is 12.1 Å². The van der Waals surface area contributed by atoms with Gasteiger partial charge in [0.1, 0.15) is 55.4 Å². The van der Waals surface area contributed by atoms with Crippen LogP contribution in [0.2, 0.25) is 0 Å². The molecule has 0 aliphatic carbocycles. The highest BCUT2D eigenvalue weighted by atomic mass is 16.7. The molecule has 2 heterocycles. The number of benzene rings is 2. The second kappa shape index (κ2) is 16.5. The summed E-state index contributed by atoms with van der Waals surface area (Å²) in [5.74, 6) is -0.536. The Hall–Kier alpha value is -3.55. The van der Waals surface area contributed by atoms with Crippen molar-refractivity contribution in [2.24, 2.45) is 0 Å². The lowest BCUT2D eigenvalue weighted by atomic mass is 9.97. The highest BCUT2D eigenvalue weighted by Gasteiger charge is 2.51. The molecule has 0 saturated carbocycles. The molecule has 0 amide bonds. The maximum absolute atomic E-state index is 12.5. The van der Waals surface area contributed by atoms with Crippen LogP contribution in [0.4, 0.5) is 0 Å². The molecule has 16 heteroatoms. The summed E-state index contributed by atoms with van der Waals surface area (Å²) in [5, 5.41) is 82.3. The third-order valence-electron chi connectivity index (χ3n) is 7.70. The normalized spacial score (nSPS) is 31.1. The van der Waals surface area contributed by atoms with Crippen LogP contribution >= 0.6 is 0 Å². The minimum atomic E-state index is -1.84. The van der Waals surface area contributed by atoms with Gasteiger partial charge in [0.2, 0.25) is 0 Å². The summed E-state index contributed by atoms with van der Waals surface area (Å²) in [7, 11) is 2.78. The first-order valence-corrected chi connectivity index (χ1v) is 14.6. The summed E-state index contributed by atoms with van der Waals surface area (Å²) in [5.41, 5.74) is 1.17. The quantitative estimate of drug-likeness (QED) is 0.0900. The van der Waals surface area contributed by atoms with Gasteiger partial charge in [0.15, 0.2) is 35.6 Å². The Morgan fingerprint density at radius 1 is 0.809 bits per heavy atom. The van der Waals surface area contributed by atoms with Gasteiger partial charge in [-0.2, -0.15) is 0 Å². The van der Waals surface area contributed by atoms with Crippen molar-refractivity contribution in [3.05, 3.63) is 53.6 Å². The molecule has 260 valence electrons. The van der Waals surface area contributed by atoms with Crippen LogP contribution in [-0.2, 0) is 34.9 Å². The van der Waals surface area contributed by atoms with Crippen molar-refractivity contribution in [2.45, 2.75) is 67.8 Å². The molecule has 2 saturated heterocycles. The molecule has 2 aliphatic heterocycles. The molecule has 0 radical (unpaired) electrons. The van der Waals surface area contributed by atoms with Gasteiger partial charge in [0.05, 0.1) is 27.4 Å². The number of phenolic OH excluding ortho intramolecular Hbond substituents is 2. The second-order valence-electron chi connectivity index (χ2n) is 10.8. The molecule has 2 aromatic rings. The van der Waals surface area contributed by atoms with Crippen molar-refractivity contribution >= 4 is 12.0 Å². The number of aliphatic hydroxyl groups excluding tert-OH is 6. The lowest BCUT2D eigenvalue weighted by molar-refractivity contribution is -0.360. The summed E-state index contributed by atoms with van der Waals surface area (Å²) in [6.07, 6.45) is -13.4. The van der Waals surface area contributed by atoms with Gasteiger partial charge in [-0.05, 0) is 47.9 Å². The smallest absolute Gasteiger partial charge is 0.330 e. The fourth-order valence-electron chi connectivity index (χ4n) is 5.03. The zero-order valence-electron chi connectivity index (χ0n) is 25.6. The number of carbonyl (C=O) groups is 1. The summed E-state index contributed by atoms with van der Waals surface area (Å²) in [6.45, 7) is -1.34. The fourth-order valence-corrected chi connectivity index (χ4v) is 5.03. The van der Waals surface area contributed by atoms with Crippen molar-refractivity contribution in [1.29, 1.82) is 0 Å². The van der Waals surface area contributed by atoms with Gasteiger partial charge in [0, 0.05) is 6.08 Å². The van der Waals surface area contributed by atoms with Gasteiger partial charge >= 0.3 is 5.97 Å². The summed E-state index contributed by atoms with van der Waals surface area (Å²) in [4.78, 5) is 12.5. The highest BCUT2D eigenvalue weighted by Crippen LogP contribution is 2.31. The van der Waals surface area contributed by atoms with E-state index in [2.05, 4.69) is 0 Å². The van der Waals surface area contributed by atoms with E-state index in [0.717, 1.165) is 6.08 Å². The van der Waals surface area contributed by atoms with Crippen LogP contribution in [0.3, 0.4) is 0 Å². The number of aliphatic hydroxyl groups is 6. The third kappa shape index (κ3) is 8.88. The predicted molar refractivity (Wildman–Crippen MR) is 158 cm³/mol. The van der Waals surface area contributed by atoms with Crippen molar-refractivity contribution in [1.82, 2.24) is 0 Å². The largest absolute Gasteiger partial charge is 0.504 e. The van der Waals surface area contributed by atoms with Crippen molar-refractivity contribution < 1.29 is 78.8 Å². The van der Waals surface area contributed by atoms with Crippen LogP contribution in [-0.4, -0.2) is 142 Å².